The summed E-state index contributed by atoms with van der Waals surface area (Å²) >= 11 is 0. The third-order valence-electron chi connectivity index (χ3n) is 3.75. The Hall–Kier alpha value is -2.03. The number of benzene rings is 1. The summed E-state index contributed by atoms with van der Waals surface area (Å²) in [6.07, 6.45) is 1.80. The lowest BCUT2D eigenvalue weighted by Crippen LogP contribution is -2.37. The number of halogens is 1. The summed E-state index contributed by atoms with van der Waals surface area (Å²) in [4.78, 5) is 9.02. The van der Waals surface area contributed by atoms with E-state index in [0.29, 0.717) is 24.6 Å². The first-order valence-electron chi connectivity index (χ1n) is 8.31. The maximum atomic E-state index is 5.34. The lowest BCUT2D eigenvalue weighted by atomic mass is 10.2. The van der Waals surface area contributed by atoms with Crippen LogP contribution in [0.15, 0.2) is 41.5 Å². The number of aliphatic imine (C=N–C) groups is 1. The van der Waals surface area contributed by atoms with Gasteiger partial charge in [-0.05, 0) is 43.2 Å². The Balaban J connectivity index is 0.00000338. The number of methoxy groups -OCH3 is 2. The normalized spacial score (nSPS) is 10.7. The molecule has 0 fully saturated rings. The van der Waals surface area contributed by atoms with Crippen molar-refractivity contribution in [2.24, 2.45) is 4.99 Å². The van der Waals surface area contributed by atoms with Gasteiger partial charge in [-0.1, -0.05) is 12.1 Å². The van der Waals surface area contributed by atoms with Crippen LogP contribution in [0, 0.1) is 6.92 Å². The number of ether oxygens (including phenoxy) is 2. The van der Waals surface area contributed by atoms with Crippen molar-refractivity contribution < 1.29 is 9.47 Å². The summed E-state index contributed by atoms with van der Waals surface area (Å²) in [6, 6.07) is 9.81. The molecule has 0 aliphatic heterocycles. The summed E-state index contributed by atoms with van der Waals surface area (Å²) in [5, 5.41) is 6.57. The average molecular weight is 470 g/mol. The highest BCUT2D eigenvalue weighted by Gasteiger charge is 2.05. The van der Waals surface area contributed by atoms with Gasteiger partial charge in [0, 0.05) is 12.7 Å². The summed E-state index contributed by atoms with van der Waals surface area (Å²) in [6.45, 7) is 6.05. The highest BCUT2D eigenvalue weighted by molar-refractivity contribution is 14.0. The lowest BCUT2D eigenvalue weighted by molar-refractivity contribution is 0.354. The van der Waals surface area contributed by atoms with Crippen molar-refractivity contribution in [3.8, 4) is 11.5 Å². The number of pyridine rings is 1. The molecule has 1 heterocycles. The summed E-state index contributed by atoms with van der Waals surface area (Å²) in [5.41, 5.74) is 3.22. The van der Waals surface area contributed by atoms with Crippen LogP contribution in [0.3, 0.4) is 0 Å². The van der Waals surface area contributed by atoms with Gasteiger partial charge in [0.15, 0.2) is 17.5 Å². The minimum absolute atomic E-state index is 0. The molecular formula is C19H27IN4O2. The SMILES string of the molecule is CCNC(=NCc1ccc(OC)c(OC)c1)NCc1ncccc1C.I. The van der Waals surface area contributed by atoms with Crippen LogP contribution in [-0.4, -0.2) is 31.7 Å². The lowest BCUT2D eigenvalue weighted by Gasteiger charge is -2.12. The molecule has 1 aromatic carbocycles. The van der Waals surface area contributed by atoms with E-state index in [9.17, 15) is 0 Å². The van der Waals surface area contributed by atoms with Gasteiger partial charge in [-0.2, -0.15) is 0 Å². The second-order valence-electron chi connectivity index (χ2n) is 5.51. The molecule has 0 unspecified atom stereocenters. The van der Waals surface area contributed by atoms with Gasteiger partial charge in [0.1, 0.15) is 0 Å². The fraction of sp³-hybridized carbons (Fsp3) is 0.368. The van der Waals surface area contributed by atoms with E-state index in [4.69, 9.17) is 9.47 Å². The minimum Gasteiger partial charge on any atom is -0.493 e. The van der Waals surface area contributed by atoms with Crippen molar-refractivity contribution in [1.82, 2.24) is 15.6 Å². The maximum Gasteiger partial charge on any atom is 0.191 e. The Morgan fingerprint density at radius 1 is 1.12 bits per heavy atom. The van der Waals surface area contributed by atoms with Crippen molar-refractivity contribution in [3.63, 3.8) is 0 Å². The molecule has 2 N–H and O–H groups in total. The molecule has 2 aromatic rings. The summed E-state index contributed by atoms with van der Waals surface area (Å²) in [7, 11) is 3.26. The fourth-order valence-electron chi connectivity index (χ4n) is 2.36. The Kier molecular flexibility index (Phi) is 9.79. The Bertz CT molecular complexity index is 722. The van der Waals surface area contributed by atoms with Crippen LogP contribution in [-0.2, 0) is 13.1 Å². The van der Waals surface area contributed by atoms with E-state index in [1.54, 1.807) is 20.4 Å². The maximum absolute atomic E-state index is 5.34. The fourth-order valence-corrected chi connectivity index (χ4v) is 2.36. The van der Waals surface area contributed by atoms with E-state index in [1.165, 1.54) is 0 Å². The van der Waals surface area contributed by atoms with Gasteiger partial charge in [-0.25, -0.2) is 4.99 Å². The molecule has 2 rings (SSSR count). The number of guanidine groups is 1. The number of nitrogens with zero attached hydrogens (tertiary/aromatic N) is 2. The Labute approximate surface area is 172 Å². The zero-order chi connectivity index (χ0) is 18.1. The summed E-state index contributed by atoms with van der Waals surface area (Å²) < 4.78 is 10.6. The molecule has 0 bridgehead atoms. The standard InChI is InChI=1S/C19H26N4O2.HI/c1-5-20-19(23-13-16-14(2)7-6-10-21-16)22-12-15-8-9-17(24-3)18(11-15)25-4;/h6-11H,5,12-13H2,1-4H3,(H2,20,22,23);1H. The number of rotatable bonds is 7. The molecule has 7 heteroatoms. The molecule has 0 aliphatic carbocycles. The number of nitrogens with one attached hydrogen (secondary N) is 2. The van der Waals surface area contributed by atoms with Crippen LogP contribution < -0.4 is 20.1 Å². The molecule has 0 saturated heterocycles. The first-order valence-corrected chi connectivity index (χ1v) is 8.31. The predicted molar refractivity (Wildman–Crippen MR) is 116 cm³/mol. The molecule has 0 atom stereocenters. The van der Waals surface area contributed by atoms with E-state index in [-0.39, 0.29) is 24.0 Å². The van der Waals surface area contributed by atoms with Crippen LogP contribution >= 0.6 is 24.0 Å². The van der Waals surface area contributed by atoms with E-state index >= 15 is 0 Å². The third-order valence-corrected chi connectivity index (χ3v) is 3.75. The topological polar surface area (TPSA) is 67.8 Å². The first-order chi connectivity index (χ1) is 12.2. The Morgan fingerprint density at radius 3 is 2.54 bits per heavy atom. The molecule has 0 aliphatic rings. The highest BCUT2D eigenvalue weighted by Crippen LogP contribution is 2.27. The van der Waals surface area contributed by atoms with Gasteiger partial charge < -0.3 is 20.1 Å². The van der Waals surface area contributed by atoms with Crippen LogP contribution in [0.25, 0.3) is 0 Å². The van der Waals surface area contributed by atoms with Gasteiger partial charge in [-0.15, -0.1) is 24.0 Å². The van der Waals surface area contributed by atoms with Gasteiger partial charge in [-0.3, -0.25) is 4.98 Å². The largest absolute Gasteiger partial charge is 0.493 e. The smallest absolute Gasteiger partial charge is 0.191 e. The zero-order valence-electron chi connectivity index (χ0n) is 15.7. The molecule has 0 radical (unpaired) electrons. The molecule has 0 amide bonds. The van der Waals surface area contributed by atoms with Crippen molar-refractivity contribution in [3.05, 3.63) is 53.3 Å². The van der Waals surface area contributed by atoms with Gasteiger partial charge in [0.2, 0.25) is 0 Å². The average Bonchev–Trinajstić information content (AvgIpc) is 2.64. The van der Waals surface area contributed by atoms with Gasteiger partial charge in [0.05, 0.1) is 33.0 Å². The molecule has 1 aromatic heterocycles. The van der Waals surface area contributed by atoms with Gasteiger partial charge >= 0.3 is 0 Å². The molecule has 142 valence electrons. The number of hydrogen-bond donors (Lipinski definition) is 2. The molecule has 0 spiro atoms. The van der Waals surface area contributed by atoms with E-state index in [1.807, 2.05) is 31.2 Å². The third kappa shape index (κ3) is 6.36. The van der Waals surface area contributed by atoms with Crippen LogP contribution in [0.1, 0.15) is 23.7 Å². The second kappa shape index (κ2) is 11.6. The quantitative estimate of drug-likeness (QED) is 0.370. The van der Waals surface area contributed by atoms with Crippen molar-refractivity contribution in [2.45, 2.75) is 26.9 Å². The second-order valence-corrected chi connectivity index (χ2v) is 5.51. The van der Waals surface area contributed by atoms with Crippen LogP contribution in [0.4, 0.5) is 0 Å². The Morgan fingerprint density at radius 2 is 1.88 bits per heavy atom. The van der Waals surface area contributed by atoms with E-state index < -0.39 is 0 Å². The van der Waals surface area contributed by atoms with Crippen molar-refractivity contribution in [2.75, 3.05) is 20.8 Å². The molecule has 0 saturated carbocycles. The number of aryl methyl sites for hydroxylation is 1. The summed E-state index contributed by atoms with van der Waals surface area (Å²) in [5.74, 6) is 2.17. The van der Waals surface area contributed by atoms with E-state index in [0.717, 1.165) is 29.3 Å². The molecule has 6 nitrogen and oxygen atoms in total. The van der Waals surface area contributed by atoms with Crippen molar-refractivity contribution in [1.29, 1.82) is 0 Å². The minimum atomic E-state index is 0. The number of hydrogen-bond acceptors (Lipinski definition) is 4. The van der Waals surface area contributed by atoms with Crippen LogP contribution in [0.2, 0.25) is 0 Å². The first kappa shape index (κ1) is 22.0. The predicted octanol–water partition coefficient (Wildman–Crippen LogP) is 3.28. The highest BCUT2D eigenvalue weighted by atomic mass is 127. The molecule has 26 heavy (non-hydrogen) atoms. The zero-order valence-corrected chi connectivity index (χ0v) is 18.0. The molecular weight excluding hydrogens is 443 g/mol. The monoisotopic (exact) mass is 470 g/mol. The number of aromatic nitrogens is 1. The van der Waals surface area contributed by atoms with Crippen molar-refractivity contribution >= 4 is 29.9 Å². The van der Waals surface area contributed by atoms with Crippen LogP contribution in [0.5, 0.6) is 11.5 Å². The van der Waals surface area contributed by atoms with Gasteiger partial charge in [0.25, 0.3) is 0 Å². The van der Waals surface area contributed by atoms with E-state index in [2.05, 4.69) is 33.6 Å².